The first-order valence-corrected chi connectivity index (χ1v) is 2.80. The highest BCUT2D eigenvalue weighted by atomic mass is 32.1. The van der Waals surface area contributed by atoms with Crippen LogP contribution in [0.5, 0.6) is 11.9 Å². The number of anilines is 1. The third kappa shape index (κ3) is 1.06. The lowest BCUT2D eigenvalue weighted by molar-refractivity contribution is 0.394. The van der Waals surface area contributed by atoms with Gasteiger partial charge in [0, 0.05) is 0 Å². The Bertz CT molecular complexity index is 242. The molecule has 0 saturated heterocycles. The van der Waals surface area contributed by atoms with Gasteiger partial charge in [0.05, 0.1) is 0 Å². The molecule has 0 bridgehead atoms. The summed E-state index contributed by atoms with van der Waals surface area (Å²) in [5.74, 6) is -0.461. The van der Waals surface area contributed by atoms with Crippen LogP contribution in [-0.2, 0) is 0 Å². The number of hydrogen-bond donors (Lipinski definition) is 4. The van der Waals surface area contributed by atoms with Crippen LogP contribution in [0.3, 0.4) is 0 Å². The molecule has 1 rings (SSSR count). The SMILES string of the molecule is Nc1c(O)nc(O)nc1S. The van der Waals surface area contributed by atoms with Gasteiger partial charge in [0.15, 0.2) is 0 Å². The Kier molecular flexibility index (Phi) is 1.54. The fourth-order valence-electron chi connectivity index (χ4n) is 0.435. The van der Waals surface area contributed by atoms with E-state index in [4.69, 9.17) is 15.9 Å². The van der Waals surface area contributed by atoms with Gasteiger partial charge in [0.25, 0.3) is 0 Å². The van der Waals surface area contributed by atoms with Gasteiger partial charge in [-0.15, -0.1) is 12.6 Å². The van der Waals surface area contributed by atoms with Crippen LogP contribution in [0.25, 0.3) is 0 Å². The highest BCUT2D eigenvalue weighted by Gasteiger charge is 2.05. The standard InChI is InChI=1S/C4H5N3O2S/c5-1-2(8)6-4(9)7-3(1)10/h5H2,(H3,6,7,8,9,10). The summed E-state index contributed by atoms with van der Waals surface area (Å²) in [5, 5.41) is 17.5. The Morgan fingerprint density at radius 1 is 1.30 bits per heavy atom. The van der Waals surface area contributed by atoms with Crippen LogP contribution in [0.4, 0.5) is 5.69 Å². The van der Waals surface area contributed by atoms with Gasteiger partial charge in [-0.05, 0) is 0 Å². The van der Waals surface area contributed by atoms with Crippen molar-refractivity contribution in [3.8, 4) is 11.9 Å². The maximum absolute atomic E-state index is 8.80. The van der Waals surface area contributed by atoms with Crippen LogP contribution in [0.1, 0.15) is 0 Å². The van der Waals surface area contributed by atoms with E-state index in [-0.39, 0.29) is 10.7 Å². The van der Waals surface area contributed by atoms with Gasteiger partial charge in [-0.25, -0.2) is 0 Å². The summed E-state index contributed by atoms with van der Waals surface area (Å²) in [6.45, 7) is 0. The average molecular weight is 159 g/mol. The van der Waals surface area contributed by atoms with Crippen LogP contribution in [0, 0.1) is 0 Å². The molecule has 0 spiro atoms. The number of aromatic nitrogens is 2. The first kappa shape index (κ1) is 6.94. The molecule has 10 heavy (non-hydrogen) atoms. The van der Waals surface area contributed by atoms with E-state index >= 15 is 0 Å². The number of rotatable bonds is 0. The molecule has 0 atom stereocenters. The smallest absolute Gasteiger partial charge is 0.318 e. The largest absolute Gasteiger partial charge is 0.492 e. The van der Waals surface area contributed by atoms with Crippen molar-refractivity contribution in [3.05, 3.63) is 0 Å². The maximum atomic E-state index is 8.80. The van der Waals surface area contributed by atoms with Gasteiger partial charge in [-0.3, -0.25) is 0 Å². The van der Waals surface area contributed by atoms with Crippen molar-refractivity contribution in [1.82, 2.24) is 9.97 Å². The van der Waals surface area contributed by atoms with Crippen LogP contribution >= 0.6 is 12.6 Å². The lowest BCUT2D eigenvalue weighted by Gasteiger charge is -1.98. The Labute approximate surface area is 62.0 Å². The Hall–Kier alpha value is -1.17. The molecule has 0 aliphatic heterocycles. The first-order valence-electron chi connectivity index (χ1n) is 2.35. The molecular weight excluding hydrogens is 154 g/mol. The Balaban J connectivity index is 3.31. The topological polar surface area (TPSA) is 92.3 Å². The summed E-state index contributed by atoms with van der Waals surface area (Å²) in [7, 11) is 0. The van der Waals surface area contributed by atoms with Crippen LogP contribution in [0.15, 0.2) is 5.03 Å². The highest BCUT2D eigenvalue weighted by molar-refractivity contribution is 7.80. The molecule has 4 N–H and O–H groups in total. The molecule has 6 heteroatoms. The number of thiol groups is 1. The fraction of sp³-hybridized carbons (Fsp3) is 0. The molecule has 0 amide bonds. The third-order valence-electron chi connectivity index (χ3n) is 0.894. The lowest BCUT2D eigenvalue weighted by atomic mass is 10.5. The zero-order chi connectivity index (χ0) is 7.72. The van der Waals surface area contributed by atoms with Crippen LogP contribution in [0.2, 0.25) is 0 Å². The van der Waals surface area contributed by atoms with E-state index in [0.717, 1.165) is 0 Å². The minimum absolute atomic E-state index is 0.0406. The first-order chi connectivity index (χ1) is 4.61. The van der Waals surface area contributed by atoms with Crippen molar-refractivity contribution >= 4 is 18.3 Å². The zero-order valence-corrected chi connectivity index (χ0v) is 5.71. The predicted molar refractivity (Wildman–Crippen MR) is 37.0 cm³/mol. The second-order valence-electron chi connectivity index (χ2n) is 1.58. The minimum Gasteiger partial charge on any atom is -0.492 e. The quantitative estimate of drug-likeness (QED) is 0.309. The second-order valence-corrected chi connectivity index (χ2v) is 2.01. The molecule has 1 aromatic heterocycles. The molecule has 0 radical (unpaired) electrons. The van der Waals surface area contributed by atoms with E-state index in [0.29, 0.717) is 0 Å². The number of hydrogen-bond acceptors (Lipinski definition) is 6. The molecule has 0 aliphatic rings. The zero-order valence-electron chi connectivity index (χ0n) is 4.81. The highest BCUT2D eigenvalue weighted by Crippen LogP contribution is 2.24. The van der Waals surface area contributed by atoms with Gasteiger partial charge >= 0.3 is 6.01 Å². The Morgan fingerprint density at radius 2 is 1.90 bits per heavy atom. The molecule has 1 aromatic rings. The van der Waals surface area contributed by atoms with Crippen molar-refractivity contribution in [2.45, 2.75) is 5.03 Å². The van der Waals surface area contributed by atoms with Crippen molar-refractivity contribution in [3.63, 3.8) is 0 Å². The van der Waals surface area contributed by atoms with Gasteiger partial charge in [-0.2, -0.15) is 9.97 Å². The molecule has 0 saturated carbocycles. The number of nitrogen functional groups attached to an aromatic ring is 1. The summed E-state index contributed by atoms with van der Waals surface area (Å²) in [4.78, 5) is 6.52. The van der Waals surface area contributed by atoms with Gasteiger partial charge in [-0.1, -0.05) is 0 Å². The van der Waals surface area contributed by atoms with E-state index < -0.39 is 11.9 Å². The fourth-order valence-corrected chi connectivity index (χ4v) is 0.624. The number of aromatic hydroxyl groups is 2. The maximum Gasteiger partial charge on any atom is 0.318 e. The summed E-state index contributed by atoms with van der Waals surface area (Å²) >= 11 is 3.74. The molecule has 54 valence electrons. The minimum atomic E-state index is -0.545. The molecular formula is C4H5N3O2S. The van der Waals surface area contributed by atoms with Crippen LogP contribution < -0.4 is 5.73 Å². The van der Waals surface area contributed by atoms with Crippen LogP contribution in [-0.4, -0.2) is 20.2 Å². The summed E-state index contributed by atoms with van der Waals surface area (Å²) in [5.41, 5.74) is 5.15. The van der Waals surface area contributed by atoms with E-state index in [1.165, 1.54) is 0 Å². The molecule has 0 aliphatic carbocycles. The predicted octanol–water partition coefficient (Wildman–Crippen LogP) is -0.241. The van der Waals surface area contributed by atoms with Gasteiger partial charge in [0.1, 0.15) is 10.7 Å². The monoisotopic (exact) mass is 159 g/mol. The summed E-state index contributed by atoms with van der Waals surface area (Å²) < 4.78 is 0. The molecule has 5 nitrogen and oxygen atoms in total. The van der Waals surface area contributed by atoms with Gasteiger partial charge < -0.3 is 15.9 Å². The van der Waals surface area contributed by atoms with Crippen molar-refractivity contribution in [1.29, 1.82) is 0 Å². The third-order valence-corrected chi connectivity index (χ3v) is 1.23. The average Bonchev–Trinajstić information content (AvgIpc) is 1.82. The molecule has 1 heterocycles. The number of nitrogens with zero attached hydrogens (tertiary/aromatic N) is 2. The van der Waals surface area contributed by atoms with E-state index in [1.807, 2.05) is 0 Å². The normalized spacial score (nSPS) is 9.70. The van der Waals surface area contributed by atoms with Crippen molar-refractivity contribution in [2.75, 3.05) is 5.73 Å². The summed E-state index contributed by atoms with van der Waals surface area (Å²) in [6, 6.07) is -0.545. The van der Waals surface area contributed by atoms with E-state index in [1.54, 1.807) is 0 Å². The van der Waals surface area contributed by atoms with Crippen molar-refractivity contribution in [2.24, 2.45) is 0 Å². The molecule has 0 unspecified atom stereocenters. The molecule has 0 aromatic carbocycles. The van der Waals surface area contributed by atoms with E-state index in [2.05, 4.69) is 22.6 Å². The number of nitrogens with two attached hydrogens (primary N) is 1. The lowest BCUT2D eigenvalue weighted by Crippen LogP contribution is -1.93. The molecule has 0 fully saturated rings. The van der Waals surface area contributed by atoms with Gasteiger partial charge in [0.2, 0.25) is 5.88 Å². The summed E-state index contributed by atoms with van der Waals surface area (Å²) in [6.07, 6.45) is 0. The Morgan fingerprint density at radius 3 is 2.40 bits per heavy atom. The van der Waals surface area contributed by atoms with Crippen molar-refractivity contribution < 1.29 is 10.2 Å². The second kappa shape index (κ2) is 2.22. The van der Waals surface area contributed by atoms with E-state index in [9.17, 15) is 0 Å².